The molecule has 0 amide bonds. The summed E-state index contributed by atoms with van der Waals surface area (Å²) in [5.74, 6) is -3.55. The lowest BCUT2D eigenvalue weighted by molar-refractivity contribution is -0.145. The average Bonchev–Trinajstić information content (AvgIpc) is 2.13. The van der Waals surface area contributed by atoms with Crippen LogP contribution in [-0.2, 0) is 9.53 Å². The molecule has 6 heteroatoms. The van der Waals surface area contributed by atoms with Gasteiger partial charge in [0.25, 0.3) is 0 Å². The Kier molecular flexibility index (Phi) is 5.39. The molecule has 0 bridgehead atoms. The van der Waals surface area contributed by atoms with E-state index in [4.69, 9.17) is 0 Å². The Hall–Kier alpha value is -0.230. The van der Waals surface area contributed by atoms with E-state index in [0.717, 1.165) is 7.11 Å². The molecule has 0 aromatic carbocycles. The molecule has 0 radical (unpaired) electrons. The minimum atomic E-state index is -2.85. The molecular weight excluding hydrogens is 248 g/mol. The quantitative estimate of drug-likeness (QED) is 0.605. The normalized spacial score (nSPS) is 13.9. The summed E-state index contributed by atoms with van der Waals surface area (Å²) >= 11 is 2.75. The fraction of sp³-hybridized carbons (Fsp3) is 0.857. The minimum absolute atomic E-state index is 0.296. The summed E-state index contributed by atoms with van der Waals surface area (Å²) in [5, 5.41) is 0. The van der Waals surface area contributed by atoms with Crippen LogP contribution in [0.15, 0.2) is 0 Å². The van der Waals surface area contributed by atoms with Crippen LogP contribution in [0.5, 0.6) is 0 Å². The number of ether oxygens (including phenoxy) is 1. The number of esters is 1. The number of carbonyl (C=O) groups is 1. The first kappa shape index (κ1) is 12.8. The molecule has 0 rings (SSSR count). The van der Waals surface area contributed by atoms with E-state index in [-0.39, 0.29) is 6.42 Å². The summed E-state index contributed by atoms with van der Waals surface area (Å²) in [7, 11) is 1.16. The van der Waals surface area contributed by atoms with Crippen LogP contribution in [0.1, 0.15) is 19.8 Å². The van der Waals surface area contributed by atoms with Crippen molar-refractivity contribution in [1.29, 1.82) is 0 Å². The lowest BCUT2D eigenvalue weighted by Gasteiger charge is -2.19. The number of rotatable bonds is 5. The number of methoxy groups -OCH3 is 1. The van der Waals surface area contributed by atoms with Crippen molar-refractivity contribution in [2.24, 2.45) is 0 Å². The molecule has 0 aromatic rings. The molecule has 78 valence electrons. The molecule has 3 nitrogen and oxygen atoms in total. The molecule has 13 heavy (non-hydrogen) atoms. The maximum atomic E-state index is 12.8. The molecular formula is C7H12BrF2NO2. The maximum Gasteiger partial charge on any atom is 0.323 e. The highest BCUT2D eigenvalue weighted by atomic mass is 79.9. The van der Waals surface area contributed by atoms with Crippen LogP contribution in [0.25, 0.3) is 0 Å². The number of alkyl halides is 2. The van der Waals surface area contributed by atoms with Crippen molar-refractivity contribution in [2.45, 2.75) is 31.7 Å². The molecule has 1 N–H and O–H groups in total. The van der Waals surface area contributed by atoms with Crippen LogP contribution < -0.4 is 4.34 Å². The van der Waals surface area contributed by atoms with Gasteiger partial charge < -0.3 is 4.74 Å². The van der Waals surface area contributed by atoms with Gasteiger partial charge in [-0.3, -0.25) is 4.79 Å². The summed E-state index contributed by atoms with van der Waals surface area (Å²) in [5.41, 5.74) is 0. The van der Waals surface area contributed by atoms with Gasteiger partial charge in [-0.1, -0.05) is 6.92 Å². The molecule has 1 atom stereocenters. The number of nitrogens with one attached hydrogen (secondary N) is 1. The molecule has 0 unspecified atom stereocenters. The van der Waals surface area contributed by atoms with Gasteiger partial charge in [0.1, 0.15) is 6.04 Å². The predicted molar refractivity (Wildman–Crippen MR) is 47.7 cm³/mol. The summed E-state index contributed by atoms with van der Waals surface area (Å²) in [6.45, 7) is 1.36. The average molecular weight is 260 g/mol. The summed E-state index contributed by atoms with van der Waals surface area (Å²) in [6.07, 6.45) is -0.864. The molecule has 0 fully saturated rings. The van der Waals surface area contributed by atoms with Crippen LogP contribution in [0.4, 0.5) is 8.78 Å². The molecule has 0 spiro atoms. The van der Waals surface area contributed by atoms with Crippen LogP contribution >= 0.6 is 16.1 Å². The lowest BCUT2D eigenvalue weighted by Crippen LogP contribution is -2.37. The Bertz CT molecular complexity index is 178. The third-order valence-electron chi connectivity index (χ3n) is 1.64. The molecule has 0 saturated carbocycles. The van der Waals surface area contributed by atoms with Crippen LogP contribution in [0.3, 0.4) is 0 Å². The van der Waals surface area contributed by atoms with Crippen LogP contribution in [0, 0.1) is 0 Å². The maximum absolute atomic E-state index is 12.8. The van der Waals surface area contributed by atoms with Gasteiger partial charge in [0, 0.05) is 29.0 Å². The summed E-state index contributed by atoms with van der Waals surface area (Å²) < 4.78 is 32.3. The predicted octanol–water partition coefficient (Wildman–Crippen LogP) is 1.86. The van der Waals surface area contributed by atoms with Crippen molar-refractivity contribution < 1.29 is 18.3 Å². The smallest absolute Gasteiger partial charge is 0.323 e. The standard InChI is InChI=1S/C7H12BrF2NO2/c1-3-7(9,10)4-5(11-8)6(12)13-2/h5,11H,3-4H2,1-2H3/t5-/m0/s1. The third kappa shape index (κ3) is 4.52. The first-order chi connectivity index (χ1) is 5.96. The van der Waals surface area contributed by atoms with Gasteiger partial charge in [0.2, 0.25) is 5.92 Å². The number of halogens is 3. The second-order valence-corrected chi connectivity index (χ2v) is 3.06. The SMILES string of the molecule is CCC(F)(F)C[C@H](NBr)C(=O)OC. The Morgan fingerprint density at radius 3 is 2.54 bits per heavy atom. The molecule has 0 saturated heterocycles. The third-order valence-corrected chi connectivity index (χ3v) is 2.19. The van der Waals surface area contributed by atoms with E-state index >= 15 is 0 Å². The number of hydrogen-bond acceptors (Lipinski definition) is 3. The first-order valence-electron chi connectivity index (χ1n) is 3.78. The van der Waals surface area contributed by atoms with Gasteiger partial charge in [-0.05, 0) is 0 Å². The van der Waals surface area contributed by atoms with Gasteiger partial charge >= 0.3 is 5.97 Å². The van der Waals surface area contributed by atoms with E-state index in [1.165, 1.54) is 6.92 Å². The summed E-state index contributed by atoms with van der Waals surface area (Å²) in [4.78, 5) is 10.9. The molecule has 0 aliphatic rings. The molecule has 0 aliphatic carbocycles. The highest BCUT2D eigenvalue weighted by Gasteiger charge is 2.33. The minimum Gasteiger partial charge on any atom is -0.468 e. The van der Waals surface area contributed by atoms with Gasteiger partial charge in [-0.15, -0.1) is 0 Å². The van der Waals surface area contributed by atoms with Crippen molar-refractivity contribution in [1.82, 2.24) is 4.34 Å². The highest BCUT2D eigenvalue weighted by molar-refractivity contribution is 9.08. The largest absolute Gasteiger partial charge is 0.468 e. The first-order valence-corrected chi connectivity index (χ1v) is 4.58. The van der Waals surface area contributed by atoms with Gasteiger partial charge in [-0.25, -0.2) is 13.1 Å². The molecule has 0 aliphatic heterocycles. The van der Waals surface area contributed by atoms with E-state index in [9.17, 15) is 13.6 Å². The summed E-state index contributed by atoms with van der Waals surface area (Å²) in [6, 6.07) is -1.01. The Labute approximate surface area is 84.2 Å². The topological polar surface area (TPSA) is 38.3 Å². The highest BCUT2D eigenvalue weighted by Crippen LogP contribution is 2.24. The van der Waals surface area contributed by atoms with E-state index in [2.05, 4.69) is 25.2 Å². The second kappa shape index (κ2) is 5.49. The van der Waals surface area contributed by atoms with E-state index < -0.39 is 24.4 Å². The zero-order valence-electron chi connectivity index (χ0n) is 7.44. The number of carbonyl (C=O) groups excluding carboxylic acids is 1. The Morgan fingerprint density at radius 1 is 1.69 bits per heavy atom. The Morgan fingerprint density at radius 2 is 2.23 bits per heavy atom. The van der Waals surface area contributed by atoms with Crippen LogP contribution in [-0.4, -0.2) is 25.0 Å². The van der Waals surface area contributed by atoms with Gasteiger partial charge in [0.05, 0.1) is 7.11 Å². The Balaban J connectivity index is 4.20. The lowest BCUT2D eigenvalue weighted by atomic mass is 10.1. The van der Waals surface area contributed by atoms with Gasteiger partial charge in [-0.2, -0.15) is 0 Å². The van der Waals surface area contributed by atoms with Crippen molar-refractivity contribution >= 4 is 22.1 Å². The van der Waals surface area contributed by atoms with E-state index in [1.54, 1.807) is 0 Å². The van der Waals surface area contributed by atoms with Gasteiger partial charge in [0.15, 0.2) is 0 Å². The van der Waals surface area contributed by atoms with E-state index in [0.29, 0.717) is 0 Å². The second-order valence-electron chi connectivity index (χ2n) is 2.60. The van der Waals surface area contributed by atoms with Crippen LogP contribution in [0.2, 0.25) is 0 Å². The fourth-order valence-corrected chi connectivity index (χ4v) is 1.10. The van der Waals surface area contributed by atoms with Crippen molar-refractivity contribution in [3.05, 3.63) is 0 Å². The van der Waals surface area contributed by atoms with Crippen molar-refractivity contribution in [3.63, 3.8) is 0 Å². The zero-order chi connectivity index (χ0) is 10.5. The molecule has 0 heterocycles. The number of hydrogen-bond donors (Lipinski definition) is 1. The molecule has 0 aromatic heterocycles. The fourth-order valence-electron chi connectivity index (χ4n) is 0.752. The van der Waals surface area contributed by atoms with Crippen molar-refractivity contribution in [2.75, 3.05) is 7.11 Å². The zero-order valence-corrected chi connectivity index (χ0v) is 9.03. The monoisotopic (exact) mass is 259 g/mol. The van der Waals surface area contributed by atoms with Crippen molar-refractivity contribution in [3.8, 4) is 0 Å². The van der Waals surface area contributed by atoms with E-state index in [1.807, 2.05) is 0 Å².